The van der Waals surface area contributed by atoms with Crippen molar-refractivity contribution in [3.05, 3.63) is 53.2 Å². The van der Waals surface area contributed by atoms with Crippen LogP contribution in [-0.2, 0) is 0 Å². The van der Waals surface area contributed by atoms with Crippen LogP contribution in [0, 0.1) is 0 Å². The zero-order valence-corrected chi connectivity index (χ0v) is 8.92. The monoisotopic (exact) mass is 226 g/mol. The minimum absolute atomic E-state index is 0.196. The van der Waals surface area contributed by atoms with Crippen LogP contribution in [0.5, 0.6) is 0 Å². The van der Waals surface area contributed by atoms with E-state index in [0.717, 1.165) is 11.2 Å². The fourth-order valence-electron chi connectivity index (χ4n) is 1.88. The number of nitrogens with zero attached hydrogens (tertiary/aromatic N) is 2. The molecule has 0 radical (unpaired) electrons. The average Bonchev–Trinajstić information content (AvgIpc) is 2.64. The molecule has 2 heterocycles. The van der Waals surface area contributed by atoms with E-state index in [2.05, 4.69) is 9.97 Å². The van der Waals surface area contributed by atoms with E-state index in [1.54, 1.807) is 35.2 Å². The summed E-state index contributed by atoms with van der Waals surface area (Å²) in [6, 6.07) is 8.99. The topological polar surface area (TPSA) is 76.7 Å². The van der Waals surface area contributed by atoms with Gasteiger partial charge in [0.2, 0.25) is 0 Å². The zero-order valence-electron chi connectivity index (χ0n) is 8.92. The van der Waals surface area contributed by atoms with Crippen molar-refractivity contribution in [3.63, 3.8) is 0 Å². The standard InChI is InChI=1S/C12H10N4O/c13-8-2-1-3-9(6-8)16-11-4-5-14-7-10(11)15-12(16)17/h1-7H,13H2,(H,15,17). The van der Waals surface area contributed by atoms with Gasteiger partial charge in [-0.15, -0.1) is 0 Å². The number of pyridine rings is 1. The lowest BCUT2D eigenvalue weighted by Gasteiger charge is -2.03. The van der Waals surface area contributed by atoms with Gasteiger partial charge in [0.1, 0.15) is 0 Å². The lowest BCUT2D eigenvalue weighted by Crippen LogP contribution is -2.14. The molecule has 0 saturated heterocycles. The number of benzene rings is 1. The summed E-state index contributed by atoms with van der Waals surface area (Å²) in [7, 11) is 0. The maximum Gasteiger partial charge on any atom is 0.331 e. The van der Waals surface area contributed by atoms with E-state index in [1.807, 2.05) is 12.1 Å². The zero-order chi connectivity index (χ0) is 11.8. The number of H-pyrrole nitrogens is 1. The van der Waals surface area contributed by atoms with E-state index in [-0.39, 0.29) is 5.69 Å². The quantitative estimate of drug-likeness (QED) is 0.614. The average molecular weight is 226 g/mol. The second kappa shape index (κ2) is 3.48. The van der Waals surface area contributed by atoms with Gasteiger partial charge in [0.15, 0.2) is 0 Å². The van der Waals surface area contributed by atoms with Gasteiger partial charge in [-0.1, -0.05) is 6.07 Å². The summed E-state index contributed by atoms with van der Waals surface area (Å²) < 4.78 is 1.58. The second-order valence-electron chi connectivity index (χ2n) is 3.75. The van der Waals surface area contributed by atoms with E-state index in [1.165, 1.54) is 0 Å². The molecule has 0 spiro atoms. The molecule has 3 rings (SSSR count). The molecular weight excluding hydrogens is 216 g/mol. The number of nitrogens with one attached hydrogen (secondary N) is 1. The third-order valence-corrected chi connectivity index (χ3v) is 2.61. The number of imidazole rings is 1. The Morgan fingerprint density at radius 1 is 1.29 bits per heavy atom. The highest BCUT2D eigenvalue weighted by molar-refractivity contribution is 5.76. The molecular formula is C12H10N4O. The Kier molecular flexibility index (Phi) is 1.98. The summed E-state index contributed by atoms with van der Waals surface area (Å²) in [5.74, 6) is 0. The van der Waals surface area contributed by atoms with Gasteiger partial charge in [0, 0.05) is 11.9 Å². The van der Waals surface area contributed by atoms with Gasteiger partial charge in [0.05, 0.1) is 22.9 Å². The van der Waals surface area contributed by atoms with Crippen LogP contribution >= 0.6 is 0 Å². The van der Waals surface area contributed by atoms with Gasteiger partial charge in [0.25, 0.3) is 0 Å². The molecule has 0 amide bonds. The fraction of sp³-hybridized carbons (Fsp3) is 0. The Bertz CT molecular complexity index is 741. The first-order chi connectivity index (χ1) is 8.25. The maximum atomic E-state index is 11.9. The number of hydrogen-bond donors (Lipinski definition) is 2. The number of aromatic amines is 1. The molecule has 0 aliphatic heterocycles. The van der Waals surface area contributed by atoms with E-state index >= 15 is 0 Å². The minimum atomic E-state index is -0.196. The molecule has 5 heteroatoms. The number of nitrogens with two attached hydrogens (primary N) is 1. The molecule has 0 aliphatic carbocycles. The summed E-state index contributed by atoms with van der Waals surface area (Å²) in [6.07, 6.45) is 3.28. The van der Waals surface area contributed by atoms with Gasteiger partial charge >= 0.3 is 5.69 Å². The molecule has 3 aromatic rings. The van der Waals surface area contributed by atoms with E-state index in [9.17, 15) is 4.79 Å². The Morgan fingerprint density at radius 2 is 2.18 bits per heavy atom. The van der Waals surface area contributed by atoms with E-state index < -0.39 is 0 Å². The van der Waals surface area contributed by atoms with Crippen LogP contribution in [0.15, 0.2) is 47.5 Å². The minimum Gasteiger partial charge on any atom is -0.399 e. The van der Waals surface area contributed by atoms with Crippen LogP contribution in [0.25, 0.3) is 16.7 Å². The first kappa shape index (κ1) is 9.65. The number of fused-ring (bicyclic) bond motifs is 1. The van der Waals surface area contributed by atoms with Crippen molar-refractivity contribution in [1.82, 2.24) is 14.5 Å². The smallest absolute Gasteiger partial charge is 0.331 e. The molecule has 0 bridgehead atoms. The number of hydrogen-bond acceptors (Lipinski definition) is 3. The van der Waals surface area contributed by atoms with Gasteiger partial charge < -0.3 is 10.7 Å². The van der Waals surface area contributed by atoms with Gasteiger partial charge in [-0.05, 0) is 24.3 Å². The summed E-state index contributed by atoms with van der Waals surface area (Å²) in [6.45, 7) is 0. The normalized spacial score (nSPS) is 10.8. The largest absolute Gasteiger partial charge is 0.399 e. The highest BCUT2D eigenvalue weighted by atomic mass is 16.1. The number of rotatable bonds is 1. The highest BCUT2D eigenvalue weighted by Gasteiger charge is 2.07. The van der Waals surface area contributed by atoms with Crippen LogP contribution in [0.2, 0.25) is 0 Å². The van der Waals surface area contributed by atoms with Crippen LogP contribution < -0.4 is 11.4 Å². The Labute approximate surface area is 96.5 Å². The highest BCUT2D eigenvalue weighted by Crippen LogP contribution is 2.15. The van der Waals surface area contributed by atoms with Crippen molar-refractivity contribution in [2.24, 2.45) is 0 Å². The molecule has 0 unspecified atom stereocenters. The predicted octanol–water partition coefficient (Wildman–Crippen LogP) is 1.30. The van der Waals surface area contributed by atoms with E-state index in [4.69, 9.17) is 5.73 Å². The molecule has 2 aromatic heterocycles. The number of aromatic nitrogens is 3. The molecule has 0 saturated carbocycles. The molecule has 1 aromatic carbocycles. The van der Waals surface area contributed by atoms with Crippen molar-refractivity contribution >= 4 is 16.7 Å². The molecule has 0 fully saturated rings. The summed E-state index contributed by atoms with van der Waals surface area (Å²) in [4.78, 5) is 18.6. The molecule has 17 heavy (non-hydrogen) atoms. The molecule has 0 aliphatic rings. The number of anilines is 1. The van der Waals surface area contributed by atoms with E-state index in [0.29, 0.717) is 11.2 Å². The van der Waals surface area contributed by atoms with Crippen LogP contribution in [0.1, 0.15) is 0 Å². The fourth-order valence-corrected chi connectivity index (χ4v) is 1.88. The lowest BCUT2D eigenvalue weighted by atomic mass is 10.2. The van der Waals surface area contributed by atoms with Gasteiger partial charge in [-0.3, -0.25) is 9.55 Å². The molecule has 84 valence electrons. The predicted molar refractivity (Wildman–Crippen MR) is 66.1 cm³/mol. The number of nitrogen functional groups attached to an aromatic ring is 1. The summed E-state index contributed by atoms with van der Waals surface area (Å²) in [5.41, 5.74) is 8.39. The van der Waals surface area contributed by atoms with Gasteiger partial charge in [-0.25, -0.2) is 4.79 Å². The summed E-state index contributed by atoms with van der Waals surface area (Å²) >= 11 is 0. The van der Waals surface area contributed by atoms with Crippen molar-refractivity contribution in [1.29, 1.82) is 0 Å². The summed E-state index contributed by atoms with van der Waals surface area (Å²) in [5, 5.41) is 0. The second-order valence-corrected chi connectivity index (χ2v) is 3.75. The van der Waals surface area contributed by atoms with Crippen molar-refractivity contribution < 1.29 is 0 Å². The third-order valence-electron chi connectivity index (χ3n) is 2.61. The SMILES string of the molecule is Nc1cccc(-n2c(=O)[nH]c3cnccc32)c1. The van der Waals surface area contributed by atoms with Crippen LogP contribution in [-0.4, -0.2) is 14.5 Å². The van der Waals surface area contributed by atoms with Gasteiger partial charge in [-0.2, -0.15) is 0 Å². The first-order valence-electron chi connectivity index (χ1n) is 5.16. The Morgan fingerprint density at radius 3 is 3.00 bits per heavy atom. The molecule has 0 atom stereocenters. The Hall–Kier alpha value is -2.56. The molecule has 3 N–H and O–H groups in total. The van der Waals surface area contributed by atoms with Crippen LogP contribution in [0.3, 0.4) is 0 Å². The third kappa shape index (κ3) is 1.48. The van der Waals surface area contributed by atoms with Crippen molar-refractivity contribution in [2.45, 2.75) is 0 Å². The van der Waals surface area contributed by atoms with Crippen molar-refractivity contribution in [2.75, 3.05) is 5.73 Å². The molecule has 5 nitrogen and oxygen atoms in total. The first-order valence-corrected chi connectivity index (χ1v) is 5.16. The van der Waals surface area contributed by atoms with Crippen LogP contribution in [0.4, 0.5) is 5.69 Å². The Balaban J connectivity index is 2.37. The lowest BCUT2D eigenvalue weighted by molar-refractivity contribution is 1.02. The van der Waals surface area contributed by atoms with Crippen molar-refractivity contribution in [3.8, 4) is 5.69 Å². The maximum absolute atomic E-state index is 11.9.